The van der Waals surface area contributed by atoms with Crippen LogP contribution in [0.25, 0.3) is 0 Å². The molecular formula is C17H28N2O6. The van der Waals surface area contributed by atoms with Gasteiger partial charge in [0.2, 0.25) is 5.91 Å². The number of carboxylic acid groups (broad SMARTS) is 1. The maximum absolute atomic E-state index is 12.6. The first-order valence-electron chi connectivity index (χ1n) is 8.41. The fourth-order valence-corrected chi connectivity index (χ4v) is 3.36. The smallest absolute Gasteiger partial charge is 0.290 e. The lowest BCUT2D eigenvalue weighted by molar-refractivity contribution is -0.141. The Morgan fingerprint density at radius 3 is 2.60 bits per heavy atom. The molecule has 0 spiro atoms. The zero-order valence-electron chi connectivity index (χ0n) is 15.1. The number of aromatic nitrogens is 1. The number of carbonyl (C=O) groups excluding carboxylic acids is 1. The standard InChI is InChI=1S/C16H26N2O4.CH2O2/c1-4-6-16(10-19)9-18(7-5-14(16)20)15(21)8-13-11(2)17-22-12(13)3;2-1-3/h14,19-20H,4-10H2,1-3H3;1H,(H,2,3)/t14-,16+;/m1./s1. The summed E-state index contributed by atoms with van der Waals surface area (Å²) in [5.41, 5.74) is 0.979. The summed E-state index contributed by atoms with van der Waals surface area (Å²) in [5.74, 6) is 0.667. The summed E-state index contributed by atoms with van der Waals surface area (Å²) in [5, 5.41) is 30.8. The highest BCUT2D eigenvalue weighted by molar-refractivity contribution is 5.79. The van der Waals surface area contributed by atoms with Gasteiger partial charge in [0.15, 0.2) is 0 Å². The molecule has 0 saturated carbocycles. The molecular weight excluding hydrogens is 328 g/mol. The topological polar surface area (TPSA) is 124 Å². The van der Waals surface area contributed by atoms with Crippen molar-refractivity contribution in [1.82, 2.24) is 10.1 Å². The van der Waals surface area contributed by atoms with Crippen LogP contribution in [0.4, 0.5) is 0 Å². The monoisotopic (exact) mass is 356 g/mol. The lowest BCUT2D eigenvalue weighted by Gasteiger charge is -2.45. The van der Waals surface area contributed by atoms with Gasteiger partial charge >= 0.3 is 0 Å². The number of rotatable bonds is 5. The normalized spacial score (nSPS) is 22.9. The Kier molecular flexibility index (Phi) is 8.05. The molecule has 0 aromatic carbocycles. The van der Waals surface area contributed by atoms with Gasteiger partial charge in [0.25, 0.3) is 6.47 Å². The molecule has 25 heavy (non-hydrogen) atoms. The Morgan fingerprint density at radius 2 is 2.12 bits per heavy atom. The first-order chi connectivity index (χ1) is 11.8. The number of piperidine rings is 1. The quantitative estimate of drug-likeness (QED) is 0.670. The summed E-state index contributed by atoms with van der Waals surface area (Å²) in [7, 11) is 0. The molecule has 0 aliphatic carbocycles. The summed E-state index contributed by atoms with van der Waals surface area (Å²) in [6.45, 7) is 6.23. The molecule has 1 aliphatic rings. The van der Waals surface area contributed by atoms with Crippen LogP contribution in [0.5, 0.6) is 0 Å². The first-order valence-corrected chi connectivity index (χ1v) is 8.41. The number of aliphatic hydroxyl groups excluding tert-OH is 2. The Morgan fingerprint density at radius 1 is 1.48 bits per heavy atom. The van der Waals surface area contributed by atoms with Crippen molar-refractivity contribution in [3.05, 3.63) is 17.0 Å². The third-order valence-electron chi connectivity index (χ3n) is 4.81. The number of hydrogen-bond donors (Lipinski definition) is 3. The van der Waals surface area contributed by atoms with Crippen molar-refractivity contribution in [2.75, 3.05) is 19.7 Å². The minimum Gasteiger partial charge on any atom is -0.483 e. The van der Waals surface area contributed by atoms with Gasteiger partial charge in [-0.3, -0.25) is 9.59 Å². The molecule has 2 rings (SSSR count). The number of hydrogen-bond acceptors (Lipinski definition) is 6. The zero-order valence-corrected chi connectivity index (χ0v) is 15.1. The van der Waals surface area contributed by atoms with E-state index in [-0.39, 0.29) is 25.4 Å². The largest absolute Gasteiger partial charge is 0.483 e. The molecule has 2 atom stereocenters. The van der Waals surface area contributed by atoms with Crippen LogP contribution in [0.15, 0.2) is 4.52 Å². The number of nitrogens with zero attached hydrogens (tertiary/aromatic N) is 2. The van der Waals surface area contributed by atoms with Gasteiger partial charge in [-0.25, -0.2) is 0 Å². The van der Waals surface area contributed by atoms with Crippen LogP contribution in [0.2, 0.25) is 0 Å². The van der Waals surface area contributed by atoms with Crippen LogP contribution in [0, 0.1) is 19.3 Å². The summed E-state index contributed by atoms with van der Waals surface area (Å²) < 4.78 is 5.10. The molecule has 8 nitrogen and oxygen atoms in total. The number of carbonyl (C=O) groups is 2. The van der Waals surface area contributed by atoms with Crippen LogP contribution in [-0.4, -0.2) is 63.6 Å². The van der Waals surface area contributed by atoms with Crippen LogP contribution in [-0.2, 0) is 16.0 Å². The predicted molar refractivity (Wildman–Crippen MR) is 90.0 cm³/mol. The lowest BCUT2D eigenvalue weighted by atomic mass is 9.74. The van der Waals surface area contributed by atoms with E-state index in [9.17, 15) is 15.0 Å². The highest BCUT2D eigenvalue weighted by Gasteiger charge is 2.42. The Labute approximate surface area is 147 Å². The molecule has 8 heteroatoms. The van der Waals surface area contributed by atoms with E-state index in [1.165, 1.54) is 0 Å². The van der Waals surface area contributed by atoms with Gasteiger partial charge < -0.3 is 24.7 Å². The van der Waals surface area contributed by atoms with Gasteiger partial charge in [0.05, 0.1) is 24.8 Å². The molecule has 1 aromatic rings. The third kappa shape index (κ3) is 5.02. The Balaban J connectivity index is 0.000000970. The van der Waals surface area contributed by atoms with Gasteiger partial charge in [0.1, 0.15) is 5.76 Å². The molecule has 1 aliphatic heterocycles. The van der Waals surface area contributed by atoms with Gasteiger partial charge in [-0.1, -0.05) is 18.5 Å². The second-order valence-corrected chi connectivity index (χ2v) is 6.48. The van der Waals surface area contributed by atoms with E-state index in [1.54, 1.807) is 11.8 Å². The Bertz CT molecular complexity index is 554. The van der Waals surface area contributed by atoms with E-state index < -0.39 is 11.5 Å². The molecule has 1 aromatic heterocycles. The van der Waals surface area contributed by atoms with Crippen molar-refractivity contribution < 1.29 is 29.4 Å². The number of amides is 1. The van der Waals surface area contributed by atoms with E-state index in [2.05, 4.69) is 5.16 Å². The molecule has 0 radical (unpaired) electrons. The molecule has 0 bridgehead atoms. The first kappa shape index (κ1) is 21.1. The van der Waals surface area contributed by atoms with E-state index >= 15 is 0 Å². The summed E-state index contributed by atoms with van der Waals surface area (Å²) in [4.78, 5) is 22.7. The molecule has 142 valence electrons. The van der Waals surface area contributed by atoms with E-state index in [1.807, 2.05) is 13.8 Å². The minimum atomic E-state index is -0.596. The average Bonchev–Trinajstić information content (AvgIpc) is 2.89. The molecule has 1 saturated heterocycles. The van der Waals surface area contributed by atoms with Crippen molar-refractivity contribution in [2.24, 2.45) is 5.41 Å². The van der Waals surface area contributed by atoms with Crippen molar-refractivity contribution in [1.29, 1.82) is 0 Å². The van der Waals surface area contributed by atoms with Crippen LogP contribution in [0.3, 0.4) is 0 Å². The van der Waals surface area contributed by atoms with Crippen LogP contribution < -0.4 is 0 Å². The SMILES string of the molecule is CCC[C@@]1(CO)CN(C(=O)Cc2c(C)noc2C)CC[C@H]1O.O=CO. The lowest BCUT2D eigenvalue weighted by Crippen LogP contribution is -2.55. The summed E-state index contributed by atoms with van der Waals surface area (Å²) >= 11 is 0. The molecule has 1 amide bonds. The van der Waals surface area contributed by atoms with Crippen molar-refractivity contribution >= 4 is 12.4 Å². The van der Waals surface area contributed by atoms with Crippen LogP contribution >= 0.6 is 0 Å². The number of likely N-dealkylation sites (tertiary alicyclic amines) is 1. The molecule has 1 fully saturated rings. The molecule has 0 unspecified atom stereocenters. The van der Waals surface area contributed by atoms with Crippen LogP contribution in [0.1, 0.15) is 43.2 Å². The predicted octanol–water partition coefficient (Wildman–Crippen LogP) is 0.907. The molecule has 2 heterocycles. The third-order valence-corrected chi connectivity index (χ3v) is 4.81. The highest BCUT2D eigenvalue weighted by Crippen LogP contribution is 2.35. The highest BCUT2D eigenvalue weighted by atomic mass is 16.5. The molecule has 3 N–H and O–H groups in total. The average molecular weight is 356 g/mol. The van der Waals surface area contributed by atoms with Crippen molar-refractivity contribution in [3.8, 4) is 0 Å². The number of aliphatic hydroxyl groups is 2. The van der Waals surface area contributed by atoms with Gasteiger partial charge in [-0.2, -0.15) is 0 Å². The second-order valence-electron chi connectivity index (χ2n) is 6.48. The maximum Gasteiger partial charge on any atom is 0.290 e. The minimum absolute atomic E-state index is 0.00442. The van der Waals surface area contributed by atoms with Gasteiger partial charge in [-0.05, 0) is 26.7 Å². The summed E-state index contributed by atoms with van der Waals surface area (Å²) in [6, 6.07) is 0. The van der Waals surface area contributed by atoms with Crippen molar-refractivity contribution in [2.45, 2.75) is 52.6 Å². The van der Waals surface area contributed by atoms with Gasteiger partial charge in [0, 0.05) is 24.1 Å². The fraction of sp³-hybridized carbons (Fsp3) is 0.706. The fourth-order valence-electron chi connectivity index (χ4n) is 3.36. The van der Waals surface area contributed by atoms with Gasteiger partial charge in [-0.15, -0.1) is 0 Å². The Hall–Kier alpha value is -1.93. The van der Waals surface area contributed by atoms with E-state index in [4.69, 9.17) is 14.4 Å². The van der Waals surface area contributed by atoms with E-state index in [0.717, 1.165) is 17.7 Å². The zero-order chi connectivity index (χ0) is 19.0. The maximum atomic E-state index is 12.6. The van der Waals surface area contributed by atoms with E-state index in [0.29, 0.717) is 31.7 Å². The second kappa shape index (κ2) is 9.53. The summed E-state index contributed by atoms with van der Waals surface area (Å²) in [6.07, 6.45) is 1.78. The van der Waals surface area contributed by atoms with Crippen molar-refractivity contribution in [3.63, 3.8) is 0 Å². The number of aryl methyl sites for hydroxylation is 2.